The molecule has 0 radical (unpaired) electrons. The zero-order valence-corrected chi connectivity index (χ0v) is 15.5. The number of benzene rings is 1. The topological polar surface area (TPSA) is 87.7 Å². The van der Waals surface area contributed by atoms with Gasteiger partial charge in [-0.2, -0.15) is 0 Å². The second-order valence-corrected chi connectivity index (χ2v) is 6.47. The zero-order chi connectivity index (χ0) is 19.2. The maximum Gasteiger partial charge on any atom is 0.263 e. The van der Waals surface area contributed by atoms with E-state index < -0.39 is 0 Å². The number of ether oxygens (including phenoxy) is 1. The van der Waals surface area contributed by atoms with Gasteiger partial charge in [-0.25, -0.2) is 9.97 Å². The van der Waals surface area contributed by atoms with Gasteiger partial charge in [0, 0.05) is 37.8 Å². The fraction of sp³-hybridized carbons (Fsp3) is 0.368. The third kappa shape index (κ3) is 5.24. The summed E-state index contributed by atoms with van der Waals surface area (Å²) in [5, 5.41) is 2.72. The number of ketones is 1. The van der Waals surface area contributed by atoms with Gasteiger partial charge >= 0.3 is 0 Å². The van der Waals surface area contributed by atoms with Gasteiger partial charge in [-0.1, -0.05) is 0 Å². The van der Waals surface area contributed by atoms with E-state index in [1.54, 1.807) is 30.3 Å². The van der Waals surface area contributed by atoms with Crippen LogP contribution in [-0.2, 0) is 4.79 Å². The van der Waals surface area contributed by atoms with Gasteiger partial charge in [0.1, 0.15) is 23.7 Å². The normalized spacial score (nSPS) is 14.7. The van der Waals surface area contributed by atoms with Crippen molar-refractivity contribution in [1.82, 2.24) is 14.9 Å². The first-order valence-electron chi connectivity index (χ1n) is 8.80. The number of anilines is 2. The summed E-state index contributed by atoms with van der Waals surface area (Å²) in [6.07, 6.45) is 1.45. The lowest BCUT2D eigenvalue weighted by Gasteiger charge is -2.33. The Kier molecular flexibility index (Phi) is 5.97. The van der Waals surface area contributed by atoms with Crippen LogP contribution in [0, 0.1) is 0 Å². The third-order valence-corrected chi connectivity index (χ3v) is 4.38. The van der Waals surface area contributed by atoms with Crippen molar-refractivity contribution in [1.29, 1.82) is 0 Å². The van der Waals surface area contributed by atoms with Gasteiger partial charge in [-0.05, 0) is 38.2 Å². The van der Waals surface area contributed by atoms with Crippen LogP contribution in [0.15, 0.2) is 36.7 Å². The number of rotatable bonds is 6. The Labute approximate surface area is 158 Å². The Hall–Kier alpha value is -3.00. The Morgan fingerprint density at radius 1 is 1.11 bits per heavy atom. The minimum absolute atomic E-state index is 0.0146. The lowest BCUT2D eigenvalue weighted by atomic mass is 10.1. The molecular weight excluding hydrogens is 346 g/mol. The first-order valence-corrected chi connectivity index (χ1v) is 8.80. The van der Waals surface area contributed by atoms with Gasteiger partial charge in [0.25, 0.3) is 5.91 Å². The molecule has 2 heterocycles. The Morgan fingerprint density at radius 3 is 2.48 bits per heavy atom. The zero-order valence-electron chi connectivity index (χ0n) is 15.5. The molecular formula is C19H23N5O3. The lowest BCUT2D eigenvalue weighted by molar-refractivity contribution is -0.118. The van der Waals surface area contributed by atoms with E-state index in [2.05, 4.69) is 32.1 Å². The average molecular weight is 369 g/mol. The van der Waals surface area contributed by atoms with Gasteiger partial charge in [0.2, 0.25) is 0 Å². The van der Waals surface area contributed by atoms with Crippen LogP contribution in [0.25, 0.3) is 0 Å². The number of hydrogen-bond acceptors (Lipinski definition) is 7. The Balaban J connectivity index is 1.53. The molecule has 1 saturated heterocycles. The number of aromatic nitrogens is 2. The molecule has 1 aliphatic heterocycles. The van der Waals surface area contributed by atoms with E-state index in [0.717, 1.165) is 32.0 Å². The number of carbonyl (C=O) groups is 2. The fourth-order valence-electron chi connectivity index (χ4n) is 2.74. The van der Waals surface area contributed by atoms with Crippen LogP contribution in [0.1, 0.15) is 17.3 Å². The Bertz CT molecular complexity index is 801. The molecule has 2 aromatic rings. The highest BCUT2D eigenvalue weighted by Gasteiger charge is 2.16. The molecule has 0 aliphatic carbocycles. The smallest absolute Gasteiger partial charge is 0.263 e. The number of nitrogens with one attached hydrogen (secondary N) is 1. The highest BCUT2D eigenvalue weighted by Crippen LogP contribution is 2.16. The van der Waals surface area contributed by atoms with E-state index in [0.29, 0.717) is 17.1 Å². The van der Waals surface area contributed by atoms with Crippen LogP contribution in [0.3, 0.4) is 0 Å². The first kappa shape index (κ1) is 18.8. The van der Waals surface area contributed by atoms with Gasteiger partial charge in [0.15, 0.2) is 12.4 Å². The summed E-state index contributed by atoms with van der Waals surface area (Å²) in [5.41, 5.74) is 0.601. The van der Waals surface area contributed by atoms with Crippen molar-refractivity contribution in [2.45, 2.75) is 6.92 Å². The molecule has 0 unspecified atom stereocenters. The van der Waals surface area contributed by atoms with E-state index in [1.165, 1.54) is 13.3 Å². The van der Waals surface area contributed by atoms with Gasteiger partial charge < -0.3 is 19.9 Å². The standard InChI is InChI=1S/C19H23N5O3/c1-14(25)15-3-5-16(6-4-15)27-12-19(26)22-17-11-18(21-13-20-17)24-9-7-23(2)8-10-24/h3-6,11,13H,7-10,12H2,1-2H3,(H,20,21,22,26). The second kappa shape index (κ2) is 8.59. The van der Waals surface area contributed by atoms with Gasteiger partial charge in [-0.15, -0.1) is 0 Å². The van der Waals surface area contributed by atoms with Crippen LogP contribution >= 0.6 is 0 Å². The maximum absolute atomic E-state index is 12.1. The summed E-state index contributed by atoms with van der Waals surface area (Å²) in [6.45, 7) is 5.08. The number of hydrogen-bond donors (Lipinski definition) is 1. The number of piperazine rings is 1. The summed E-state index contributed by atoms with van der Waals surface area (Å²) in [7, 11) is 2.09. The van der Waals surface area contributed by atoms with E-state index in [-0.39, 0.29) is 18.3 Å². The molecule has 27 heavy (non-hydrogen) atoms. The van der Waals surface area contributed by atoms with E-state index >= 15 is 0 Å². The number of likely N-dealkylation sites (N-methyl/N-ethyl adjacent to an activating group) is 1. The van der Waals surface area contributed by atoms with Crippen LogP contribution < -0.4 is 15.0 Å². The minimum atomic E-state index is -0.311. The number of nitrogens with zero attached hydrogens (tertiary/aromatic N) is 4. The Morgan fingerprint density at radius 2 is 1.81 bits per heavy atom. The van der Waals surface area contributed by atoms with Crippen molar-refractivity contribution >= 4 is 23.3 Å². The summed E-state index contributed by atoms with van der Waals surface area (Å²) >= 11 is 0. The van der Waals surface area contributed by atoms with E-state index in [1.807, 2.05) is 0 Å². The molecule has 1 aromatic carbocycles. The first-order chi connectivity index (χ1) is 13.0. The molecule has 1 aromatic heterocycles. The molecule has 0 saturated carbocycles. The largest absolute Gasteiger partial charge is 0.484 e. The van der Waals surface area contributed by atoms with Crippen LogP contribution in [0.2, 0.25) is 0 Å². The molecule has 1 amide bonds. The summed E-state index contributed by atoms with van der Waals surface area (Å²) in [6, 6.07) is 8.44. The fourth-order valence-corrected chi connectivity index (χ4v) is 2.74. The van der Waals surface area contributed by atoms with E-state index in [9.17, 15) is 9.59 Å². The summed E-state index contributed by atoms with van der Waals surface area (Å²) < 4.78 is 5.45. The number of Topliss-reactive ketones (excluding diaryl/α,β-unsaturated/α-hetero) is 1. The van der Waals surface area contributed by atoms with Crippen molar-refractivity contribution in [2.24, 2.45) is 0 Å². The molecule has 1 fully saturated rings. The number of carbonyl (C=O) groups excluding carboxylic acids is 2. The molecule has 1 aliphatic rings. The molecule has 0 spiro atoms. The number of amides is 1. The highest BCUT2D eigenvalue weighted by atomic mass is 16.5. The molecule has 8 nitrogen and oxygen atoms in total. The van der Waals surface area contributed by atoms with Gasteiger partial charge in [0.05, 0.1) is 0 Å². The van der Waals surface area contributed by atoms with Crippen molar-refractivity contribution in [2.75, 3.05) is 50.1 Å². The molecule has 3 rings (SSSR count). The second-order valence-electron chi connectivity index (χ2n) is 6.47. The van der Waals surface area contributed by atoms with Gasteiger partial charge in [-0.3, -0.25) is 9.59 Å². The molecule has 1 N–H and O–H groups in total. The molecule has 0 atom stereocenters. The quantitative estimate of drug-likeness (QED) is 0.771. The minimum Gasteiger partial charge on any atom is -0.484 e. The SMILES string of the molecule is CC(=O)c1ccc(OCC(=O)Nc2cc(N3CCN(C)CC3)ncn2)cc1. The summed E-state index contributed by atoms with van der Waals surface area (Å²) in [4.78, 5) is 36.2. The van der Waals surface area contributed by atoms with Crippen LogP contribution in [0.5, 0.6) is 5.75 Å². The van der Waals surface area contributed by atoms with Crippen molar-refractivity contribution < 1.29 is 14.3 Å². The van der Waals surface area contributed by atoms with Crippen LogP contribution in [-0.4, -0.2) is 66.4 Å². The van der Waals surface area contributed by atoms with Crippen LogP contribution in [0.4, 0.5) is 11.6 Å². The van der Waals surface area contributed by atoms with E-state index in [4.69, 9.17) is 4.74 Å². The van der Waals surface area contributed by atoms with Crippen molar-refractivity contribution in [3.05, 3.63) is 42.2 Å². The monoisotopic (exact) mass is 369 g/mol. The third-order valence-electron chi connectivity index (χ3n) is 4.38. The lowest BCUT2D eigenvalue weighted by Crippen LogP contribution is -2.44. The highest BCUT2D eigenvalue weighted by molar-refractivity contribution is 5.94. The molecule has 0 bridgehead atoms. The maximum atomic E-state index is 12.1. The summed E-state index contributed by atoms with van der Waals surface area (Å²) in [5.74, 6) is 1.44. The average Bonchev–Trinajstić information content (AvgIpc) is 2.67. The van der Waals surface area contributed by atoms with Crippen molar-refractivity contribution in [3.8, 4) is 5.75 Å². The molecule has 142 valence electrons. The predicted octanol–water partition coefficient (Wildman–Crippen LogP) is 1.45. The predicted molar refractivity (Wildman–Crippen MR) is 102 cm³/mol. The molecule has 8 heteroatoms. The van der Waals surface area contributed by atoms with Crippen molar-refractivity contribution in [3.63, 3.8) is 0 Å².